The number of phenolic OH excluding ortho intramolecular Hbond substituents is 2. The molecular weight excluding hydrogens is 276 g/mol. The Balaban J connectivity index is 2.90. The van der Waals surface area contributed by atoms with E-state index in [-0.39, 0.29) is 12.2 Å². The van der Waals surface area contributed by atoms with Crippen LogP contribution < -0.4 is 9.44 Å². The molecule has 0 bridgehead atoms. The van der Waals surface area contributed by atoms with Gasteiger partial charge in [-0.3, -0.25) is 4.79 Å². The maximum Gasteiger partial charge on any atom is 0.322 e. The first-order valence-electron chi connectivity index (χ1n) is 5.19. The van der Waals surface area contributed by atoms with Gasteiger partial charge in [0.1, 0.15) is 6.04 Å². The molecule has 1 rings (SSSR count). The van der Waals surface area contributed by atoms with Crippen LogP contribution in [-0.2, 0) is 21.4 Å². The zero-order valence-corrected chi connectivity index (χ0v) is 10.8. The standard InChI is InChI=1S/C10H14N2O6S/c1-11-19(17,18)12-7(10(15)16)4-6-2-3-8(13)9(14)5-6/h2-3,5,7,11-14H,4H2,1H3,(H,15,16). The Bertz CT molecular complexity index is 571. The molecule has 106 valence electrons. The van der Waals surface area contributed by atoms with Crippen LogP contribution in [0.5, 0.6) is 11.5 Å². The van der Waals surface area contributed by atoms with Gasteiger partial charge in [0.2, 0.25) is 0 Å². The topological polar surface area (TPSA) is 136 Å². The highest BCUT2D eigenvalue weighted by molar-refractivity contribution is 7.87. The molecule has 0 saturated heterocycles. The maximum atomic E-state index is 11.3. The highest BCUT2D eigenvalue weighted by atomic mass is 32.2. The summed E-state index contributed by atoms with van der Waals surface area (Å²) in [5, 5.41) is 27.4. The summed E-state index contributed by atoms with van der Waals surface area (Å²) in [6.45, 7) is 0. The van der Waals surface area contributed by atoms with Gasteiger partial charge in [0, 0.05) is 7.05 Å². The number of rotatable bonds is 6. The van der Waals surface area contributed by atoms with Gasteiger partial charge < -0.3 is 15.3 Å². The summed E-state index contributed by atoms with van der Waals surface area (Å²) in [7, 11) is -2.75. The van der Waals surface area contributed by atoms with Crippen LogP contribution in [0.15, 0.2) is 18.2 Å². The number of nitrogens with one attached hydrogen (secondary N) is 2. The van der Waals surface area contributed by atoms with Crippen LogP contribution >= 0.6 is 0 Å². The van der Waals surface area contributed by atoms with E-state index in [4.69, 9.17) is 10.2 Å². The first kappa shape index (κ1) is 15.2. The van der Waals surface area contributed by atoms with E-state index in [0.29, 0.717) is 5.56 Å². The zero-order valence-electron chi connectivity index (χ0n) is 9.99. The molecule has 9 heteroatoms. The van der Waals surface area contributed by atoms with E-state index >= 15 is 0 Å². The van der Waals surface area contributed by atoms with Crippen LogP contribution in [0.2, 0.25) is 0 Å². The first-order chi connectivity index (χ1) is 8.75. The number of carboxylic acid groups (broad SMARTS) is 1. The van der Waals surface area contributed by atoms with Gasteiger partial charge in [-0.15, -0.1) is 0 Å². The van der Waals surface area contributed by atoms with E-state index in [9.17, 15) is 18.3 Å². The number of hydrogen-bond acceptors (Lipinski definition) is 5. The van der Waals surface area contributed by atoms with Crippen molar-refractivity contribution in [2.24, 2.45) is 0 Å². The minimum absolute atomic E-state index is 0.177. The quantitative estimate of drug-likeness (QED) is 0.433. The van der Waals surface area contributed by atoms with Crippen molar-refractivity contribution in [2.45, 2.75) is 12.5 Å². The van der Waals surface area contributed by atoms with E-state index in [1.165, 1.54) is 18.2 Å². The smallest absolute Gasteiger partial charge is 0.322 e. The van der Waals surface area contributed by atoms with Crippen LogP contribution in [0.1, 0.15) is 5.56 Å². The monoisotopic (exact) mass is 290 g/mol. The van der Waals surface area contributed by atoms with Crippen molar-refractivity contribution in [2.75, 3.05) is 7.05 Å². The number of benzene rings is 1. The van der Waals surface area contributed by atoms with E-state index in [2.05, 4.69) is 0 Å². The molecule has 0 fully saturated rings. The van der Waals surface area contributed by atoms with Gasteiger partial charge in [-0.2, -0.15) is 13.1 Å². The summed E-state index contributed by atoms with van der Waals surface area (Å²) in [5.74, 6) is -2.10. The molecule has 1 unspecified atom stereocenters. The summed E-state index contributed by atoms with van der Waals surface area (Å²) >= 11 is 0. The summed E-state index contributed by atoms with van der Waals surface area (Å²) in [4.78, 5) is 11.0. The van der Waals surface area contributed by atoms with Gasteiger partial charge in [-0.05, 0) is 24.1 Å². The van der Waals surface area contributed by atoms with Crippen molar-refractivity contribution >= 4 is 16.2 Å². The van der Waals surface area contributed by atoms with Gasteiger partial charge >= 0.3 is 5.97 Å². The van der Waals surface area contributed by atoms with Crippen LogP contribution in [0, 0.1) is 0 Å². The molecule has 0 aliphatic carbocycles. The van der Waals surface area contributed by atoms with Crippen molar-refractivity contribution in [3.63, 3.8) is 0 Å². The summed E-state index contributed by atoms with van der Waals surface area (Å²) < 4.78 is 26.4. The second-order valence-corrected chi connectivity index (χ2v) is 5.39. The highest BCUT2D eigenvalue weighted by Gasteiger charge is 2.23. The predicted octanol–water partition coefficient (Wildman–Crippen LogP) is -0.853. The Morgan fingerprint density at radius 2 is 1.95 bits per heavy atom. The lowest BCUT2D eigenvalue weighted by molar-refractivity contribution is -0.138. The van der Waals surface area contributed by atoms with Gasteiger partial charge in [-0.25, -0.2) is 4.72 Å². The Labute approximate surface area is 109 Å². The molecule has 1 atom stereocenters. The third kappa shape index (κ3) is 4.39. The Morgan fingerprint density at radius 3 is 2.42 bits per heavy atom. The van der Waals surface area contributed by atoms with Gasteiger partial charge in [-0.1, -0.05) is 6.07 Å². The minimum atomic E-state index is -3.89. The second-order valence-electron chi connectivity index (χ2n) is 3.74. The van der Waals surface area contributed by atoms with Gasteiger partial charge in [0.25, 0.3) is 10.2 Å². The fourth-order valence-electron chi connectivity index (χ4n) is 1.36. The van der Waals surface area contributed by atoms with E-state index in [0.717, 1.165) is 7.05 Å². The van der Waals surface area contributed by atoms with E-state index in [1.807, 2.05) is 9.44 Å². The molecule has 1 aromatic carbocycles. The number of carboxylic acids is 1. The number of hydrogen-bond donors (Lipinski definition) is 5. The SMILES string of the molecule is CNS(=O)(=O)NC(Cc1ccc(O)c(O)c1)C(=O)O. The number of aromatic hydroxyl groups is 2. The number of aliphatic carboxylic acids is 1. The average Bonchev–Trinajstić information content (AvgIpc) is 2.32. The lowest BCUT2D eigenvalue weighted by Gasteiger charge is -2.14. The number of carbonyl (C=O) groups is 1. The van der Waals surface area contributed by atoms with Gasteiger partial charge in [0.15, 0.2) is 11.5 Å². The molecule has 8 nitrogen and oxygen atoms in total. The molecule has 5 N–H and O–H groups in total. The molecule has 0 radical (unpaired) electrons. The van der Waals surface area contributed by atoms with Crippen LogP contribution in [-0.4, -0.2) is 42.8 Å². The lowest BCUT2D eigenvalue weighted by atomic mass is 10.1. The first-order valence-corrected chi connectivity index (χ1v) is 6.68. The summed E-state index contributed by atoms with van der Waals surface area (Å²) in [5.41, 5.74) is 0.363. The number of phenols is 2. The molecular formula is C10H14N2O6S. The van der Waals surface area contributed by atoms with Crippen LogP contribution in [0.3, 0.4) is 0 Å². The van der Waals surface area contributed by atoms with Crippen molar-refractivity contribution < 1.29 is 28.5 Å². The Hall–Kier alpha value is -1.84. The van der Waals surface area contributed by atoms with Crippen molar-refractivity contribution in [1.29, 1.82) is 0 Å². The zero-order chi connectivity index (χ0) is 14.6. The fourth-order valence-corrected chi connectivity index (χ4v) is 2.03. The van der Waals surface area contributed by atoms with E-state index in [1.54, 1.807) is 0 Å². The Morgan fingerprint density at radius 1 is 1.32 bits per heavy atom. The molecule has 0 aliphatic heterocycles. The maximum absolute atomic E-state index is 11.3. The summed E-state index contributed by atoms with van der Waals surface area (Å²) in [6, 6.07) is 2.36. The molecule has 19 heavy (non-hydrogen) atoms. The average molecular weight is 290 g/mol. The van der Waals surface area contributed by atoms with Crippen molar-refractivity contribution in [1.82, 2.24) is 9.44 Å². The van der Waals surface area contributed by atoms with E-state index < -0.39 is 28.0 Å². The third-order valence-electron chi connectivity index (χ3n) is 2.34. The molecule has 0 amide bonds. The largest absolute Gasteiger partial charge is 0.504 e. The molecule has 0 aliphatic rings. The molecule has 0 spiro atoms. The van der Waals surface area contributed by atoms with Crippen molar-refractivity contribution in [3.05, 3.63) is 23.8 Å². The van der Waals surface area contributed by atoms with Gasteiger partial charge in [0.05, 0.1) is 0 Å². The molecule has 1 aromatic rings. The summed E-state index contributed by atoms with van der Waals surface area (Å²) in [6.07, 6.45) is -0.177. The second kappa shape index (κ2) is 5.87. The minimum Gasteiger partial charge on any atom is -0.504 e. The highest BCUT2D eigenvalue weighted by Crippen LogP contribution is 2.25. The Kier molecular flexibility index (Phi) is 4.70. The fraction of sp³-hybridized carbons (Fsp3) is 0.300. The molecule has 0 heterocycles. The lowest BCUT2D eigenvalue weighted by Crippen LogP contribution is -2.46. The predicted molar refractivity (Wildman–Crippen MR) is 66.0 cm³/mol. The van der Waals surface area contributed by atoms with Crippen molar-refractivity contribution in [3.8, 4) is 11.5 Å². The molecule has 0 saturated carbocycles. The van der Waals surface area contributed by atoms with Crippen LogP contribution in [0.4, 0.5) is 0 Å². The third-order valence-corrected chi connectivity index (χ3v) is 3.48. The normalized spacial score (nSPS) is 13.1. The molecule has 0 aromatic heterocycles. The van der Waals surface area contributed by atoms with Crippen LogP contribution in [0.25, 0.3) is 0 Å².